The van der Waals surface area contributed by atoms with Crippen molar-refractivity contribution in [2.75, 3.05) is 6.61 Å². The number of hydrogen-bond acceptors (Lipinski definition) is 3. The lowest BCUT2D eigenvalue weighted by Gasteiger charge is -2.02. The van der Waals surface area contributed by atoms with Crippen molar-refractivity contribution in [3.63, 3.8) is 0 Å². The maximum Gasteiger partial charge on any atom is 0.340 e. The van der Waals surface area contributed by atoms with Gasteiger partial charge in [0.05, 0.1) is 17.9 Å². The number of aromatic nitrogens is 1. The van der Waals surface area contributed by atoms with E-state index in [1.165, 1.54) is 24.3 Å². The number of carbonyl (C=O) groups is 2. The van der Waals surface area contributed by atoms with Crippen molar-refractivity contribution in [3.05, 3.63) is 64.2 Å². The molecule has 0 radical (unpaired) electrons. The number of aromatic amines is 1. The number of allylic oxidation sites excluding steroid dienone is 1. The monoisotopic (exact) mass is 315 g/mol. The van der Waals surface area contributed by atoms with Crippen molar-refractivity contribution >= 4 is 17.8 Å². The average Bonchev–Trinajstić information content (AvgIpc) is 2.80. The molecule has 0 bridgehead atoms. The lowest BCUT2D eigenvalue weighted by atomic mass is 10.1. The first-order chi connectivity index (χ1) is 10.9. The van der Waals surface area contributed by atoms with E-state index in [2.05, 4.69) is 4.98 Å². The number of ketones is 1. The summed E-state index contributed by atoms with van der Waals surface area (Å²) in [6.45, 7) is 5.40. The quantitative estimate of drug-likeness (QED) is 0.518. The third-order valence-corrected chi connectivity index (χ3v) is 3.44. The Bertz CT molecular complexity index is 775. The molecule has 0 saturated heterocycles. The Labute approximate surface area is 134 Å². The molecule has 0 fully saturated rings. The van der Waals surface area contributed by atoms with Crippen molar-refractivity contribution in [2.24, 2.45) is 0 Å². The third-order valence-electron chi connectivity index (χ3n) is 3.44. The molecule has 1 heterocycles. The van der Waals surface area contributed by atoms with Crippen LogP contribution in [0.5, 0.6) is 0 Å². The maximum atomic E-state index is 13.1. The van der Waals surface area contributed by atoms with Crippen LogP contribution in [0.25, 0.3) is 6.08 Å². The molecule has 2 rings (SSSR count). The van der Waals surface area contributed by atoms with E-state index >= 15 is 0 Å². The normalized spacial score (nSPS) is 11.0. The van der Waals surface area contributed by atoms with E-state index in [1.807, 2.05) is 0 Å². The molecular weight excluding hydrogens is 297 g/mol. The van der Waals surface area contributed by atoms with E-state index in [1.54, 1.807) is 32.9 Å². The number of ether oxygens (including phenoxy) is 1. The second-order valence-electron chi connectivity index (χ2n) is 5.10. The van der Waals surface area contributed by atoms with Gasteiger partial charge in [-0.1, -0.05) is 18.2 Å². The molecule has 1 N–H and O–H groups in total. The molecule has 0 unspecified atom stereocenters. The predicted molar refractivity (Wildman–Crippen MR) is 86.0 cm³/mol. The fourth-order valence-electron chi connectivity index (χ4n) is 2.37. The first-order valence-electron chi connectivity index (χ1n) is 7.28. The first-order valence-corrected chi connectivity index (χ1v) is 7.28. The highest BCUT2D eigenvalue weighted by atomic mass is 19.1. The van der Waals surface area contributed by atoms with Gasteiger partial charge in [-0.3, -0.25) is 4.79 Å². The van der Waals surface area contributed by atoms with Crippen LogP contribution in [0.3, 0.4) is 0 Å². The molecule has 0 saturated carbocycles. The Morgan fingerprint density at radius 2 is 2.04 bits per heavy atom. The van der Waals surface area contributed by atoms with Gasteiger partial charge in [-0.15, -0.1) is 0 Å². The summed E-state index contributed by atoms with van der Waals surface area (Å²) in [6, 6.07) is 5.94. The van der Waals surface area contributed by atoms with Crippen LogP contribution in [-0.4, -0.2) is 23.3 Å². The van der Waals surface area contributed by atoms with Gasteiger partial charge in [-0.05, 0) is 50.1 Å². The number of hydrogen-bond donors (Lipinski definition) is 1. The molecule has 23 heavy (non-hydrogen) atoms. The van der Waals surface area contributed by atoms with Crippen LogP contribution in [0.1, 0.15) is 44.6 Å². The Morgan fingerprint density at radius 1 is 1.30 bits per heavy atom. The van der Waals surface area contributed by atoms with Gasteiger partial charge >= 0.3 is 5.97 Å². The van der Waals surface area contributed by atoms with Gasteiger partial charge in [0.2, 0.25) is 5.78 Å². The summed E-state index contributed by atoms with van der Waals surface area (Å²) in [7, 11) is 0. The van der Waals surface area contributed by atoms with Crippen molar-refractivity contribution < 1.29 is 18.7 Å². The Balaban J connectivity index is 2.27. The van der Waals surface area contributed by atoms with Crippen molar-refractivity contribution in [3.8, 4) is 0 Å². The van der Waals surface area contributed by atoms with Crippen LogP contribution < -0.4 is 0 Å². The van der Waals surface area contributed by atoms with E-state index in [-0.39, 0.29) is 18.2 Å². The van der Waals surface area contributed by atoms with Gasteiger partial charge in [0, 0.05) is 5.69 Å². The molecule has 0 aliphatic heterocycles. The lowest BCUT2D eigenvalue weighted by molar-refractivity contribution is 0.0525. The Hall–Kier alpha value is -2.69. The summed E-state index contributed by atoms with van der Waals surface area (Å²) in [5, 5.41) is 0. The van der Waals surface area contributed by atoms with Gasteiger partial charge in [-0.2, -0.15) is 0 Å². The molecule has 5 heteroatoms. The highest BCUT2D eigenvalue weighted by molar-refractivity contribution is 6.08. The maximum absolute atomic E-state index is 13.1. The van der Waals surface area contributed by atoms with Crippen LogP contribution in [0.2, 0.25) is 0 Å². The molecule has 1 aromatic carbocycles. The van der Waals surface area contributed by atoms with Crippen LogP contribution in [0.15, 0.2) is 30.3 Å². The number of benzene rings is 1. The molecule has 0 aliphatic rings. The van der Waals surface area contributed by atoms with Crippen LogP contribution >= 0.6 is 0 Å². The zero-order valence-corrected chi connectivity index (χ0v) is 13.3. The zero-order chi connectivity index (χ0) is 17.0. The third kappa shape index (κ3) is 3.74. The second-order valence-corrected chi connectivity index (χ2v) is 5.10. The minimum absolute atomic E-state index is 0.269. The molecule has 120 valence electrons. The largest absolute Gasteiger partial charge is 0.462 e. The minimum atomic E-state index is -0.452. The molecule has 0 amide bonds. The molecule has 0 aliphatic carbocycles. The summed E-state index contributed by atoms with van der Waals surface area (Å²) in [6.07, 6.45) is 2.88. The number of esters is 1. The standard InChI is InChI=1S/C18H18FNO3/c1-4-23-18(22)16-11(2)17(20-12(16)3)15(21)9-8-13-6-5-7-14(19)10-13/h5-10,20H,4H2,1-3H3/b9-8+. The van der Waals surface area contributed by atoms with Crippen LogP contribution in [-0.2, 0) is 4.74 Å². The van der Waals surface area contributed by atoms with Crippen molar-refractivity contribution in [1.29, 1.82) is 0 Å². The van der Waals surface area contributed by atoms with Gasteiger partial charge in [0.15, 0.2) is 0 Å². The summed E-state index contributed by atoms with van der Waals surface area (Å²) in [5.41, 5.74) is 2.44. The Kier molecular flexibility index (Phi) is 5.11. The molecule has 0 atom stereocenters. The SMILES string of the molecule is CCOC(=O)c1c(C)[nH]c(C(=O)/C=C/c2cccc(F)c2)c1C. The number of aryl methyl sites for hydroxylation is 1. The highest BCUT2D eigenvalue weighted by Gasteiger charge is 2.21. The van der Waals surface area contributed by atoms with Crippen molar-refractivity contribution in [1.82, 2.24) is 4.98 Å². The summed E-state index contributed by atoms with van der Waals surface area (Å²) < 4.78 is 18.1. The number of H-pyrrole nitrogens is 1. The fraction of sp³-hybridized carbons (Fsp3) is 0.222. The number of rotatable bonds is 5. The number of halogens is 1. The second kappa shape index (κ2) is 7.05. The average molecular weight is 315 g/mol. The molecule has 1 aromatic heterocycles. The van der Waals surface area contributed by atoms with Crippen LogP contribution in [0, 0.1) is 19.7 Å². The van der Waals surface area contributed by atoms with Gasteiger partial charge < -0.3 is 9.72 Å². The molecule has 4 nitrogen and oxygen atoms in total. The van der Waals surface area contributed by atoms with E-state index in [4.69, 9.17) is 4.74 Å². The van der Waals surface area contributed by atoms with Crippen molar-refractivity contribution in [2.45, 2.75) is 20.8 Å². The minimum Gasteiger partial charge on any atom is -0.462 e. The summed E-state index contributed by atoms with van der Waals surface area (Å²) in [5.74, 6) is -1.10. The summed E-state index contributed by atoms with van der Waals surface area (Å²) in [4.78, 5) is 27.2. The lowest BCUT2D eigenvalue weighted by Crippen LogP contribution is -2.07. The van der Waals surface area contributed by atoms with Gasteiger partial charge in [-0.25, -0.2) is 9.18 Å². The van der Waals surface area contributed by atoms with E-state index in [0.29, 0.717) is 28.1 Å². The molecule has 2 aromatic rings. The van der Waals surface area contributed by atoms with E-state index in [0.717, 1.165) is 0 Å². The van der Waals surface area contributed by atoms with Gasteiger partial charge in [0.25, 0.3) is 0 Å². The predicted octanol–water partition coefficient (Wildman–Crippen LogP) is 3.84. The van der Waals surface area contributed by atoms with E-state index in [9.17, 15) is 14.0 Å². The smallest absolute Gasteiger partial charge is 0.340 e. The number of nitrogens with one attached hydrogen (secondary N) is 1. The Morgan fingerprint density at radius 3 is 2.70 bits per heavy atom. The van der Waals surface area contributed by atoms with E-state index < -0.39 is 5.97 Å². The highest BCUT2D eigenvalue weighted by Crippen LogP contribution is 2.20. The zero-order valence-electron chi connectivity index (χ0n) is 13.3. The topological polar surface area (TPSA) is 59.2 Å². The summed E-state index contributed by atoms with van der Waals surface area (Å²) >= 11 is 0. The first kappa shape index (κ1) is 16.7. The number of carbonyl (C=O) groups excluding carboxylic acids is 2. The van der Waals surface area contributed by atoms with Gasteiger partial charge in [0.1, 0.15) is 5.82 Å². The molecular formula is C18H18FNO3. The van der Waals surface area contributed by atoms with Crippen LogP contribution in [0.4, 0.5) is 4.39 Å². The fourth-order valence-corrected chi connectivity index (χ4v) is 2.37. The molecule has 0 spiro atoms.